The molecule has 4 aromatic rings. The Bertz CT molecular complexity index is 1150. The van der Waals surface area contributed by atoms with Crippen molar-refractivity contribution in [2.75, 3.05) is 0 Å². The predicted molar refractivity (Wildman–Crippen MR) is 107 cm³/mol. The van der Waals surface area contributed by atoms with Gasteiger partial charge >= 0.3 is 0 Å². The zero-order valence-electron chi connectivity index (χ0n) is 15.1. The molecule has 7 heteroatoms. The molecular formula is C20H19N5OS. The first-order valence-electron chi connectivity index (χ1n) is 8.77. The van der Waals surface area contributed by atoms with Crippen LogP contribution >= 0.6 is 11.8 Å². The molecule has 136 valence electrons. The predicted octanol–water partition coefficient (Wildman–Crippen LogP) is 3.64. The summed E-state index contributed by atoms with van der Waals surface area (Å²) in [6.45, 7) is 3.99. The lowest BCUT2D eigenvalue weighted by Gasteiger charge is -2.04. The molecule has 0 spiro atoms. The average Bonchev–Trinajstić information content (AvgIpc) is 3.06. The highest BCUT2D eigenvalue weighted by molar-refractivity contribution is 7.98. The van der Waals surface area contributed by atoms with Gasteiger partial charge in [-0.25, -0.2) is 19.5 Å². The molecule has 0 unspecified atom stereocenters. The van der Waals surface area contributed by atoms with Crippen molar-refractivity contribution in [1.29, 1.82) is 0 Å². The van der Waals surface area contributed by atoms with Crippen LogP contribution in [0.3, 0.4) is 0 Å². The maximum Gasteiger partial charge on any atom is 0.272 e. The molecule has 1 aromatic carbocycles. The van der Waals surface area contributed by atoms with E-state index in [0.717, 1.165) is 28.9 Å². The Kier molecular flexibility index (Phi) is 4.77. The number of thioether (sulfide) groups is 1. The Morgan fingerprint density at radius 3 is 2.70 bits per heavy atom. The number of H-pyrrole nitrogens is 1. The van der Waals surface area contributed by atoms with E-state index in [9.17, 15) is 4.79 Å². The number of rotatable bonds is 5. The summed E-state index contributed by atoms with van der Waals surface area (Å²) in [4.78, 5) is 26.0. The van der Waals surface area contributed by atoms with E-state index >= 15 is 0 Å². The molecule has 0 aliphatic carbocycles. The molecule has 3 aromatic heterocycles. The van der Waals surface area contributed by atoms with E-state index in [0.29, 0.717) is 22.3 Å². The highest BCUT2D eigenvalue weighted by Gasteiger charge is 2.16. The second-order valence-electron chi connectivity index (χ2n) is 6.20. The molecule has 1 N–H and O–H groups in total. The van der Waals surface area contributed by atoms with Gasteiger partial charge in [-0.05, 0) is 25.0 Å². The minimum atomic E-state index is -0.113. The molecule has 3 heterocycles. The number of hydrogen-bond donors (Lipinski definition) is 1. The number of benzene rings is 1. The topological polar surface area (TPSA) is 75.9 Å². The van der Waals surface area contributed by atoms with Gasteiger partial charge in [-0.2, -0.15) is 0 Å². The Hall–Kier alpha value is -2.93. The summed E-state index contributed by atoms with van der Waals surface area (Å²) >= 11 is 1.48. The van der Waals surface area contributed by atoms with Crippen molar-refractivity contribution in [3.63, 3.8) is 0 Å². The summed E-state index contributed by atoms with van der Waals surface area (Å²) in [5, 5.41) is 3.88. The highest BCUT2D eigenvalue weighted by atomic mass is 32.2. The second-order valence-corrected chi connectivity index (χ2v) is 7.14. The molecule has 0 radical (unpaired) electrons. The summed E-state index contributed by atoms with van der Waals surface area (Å²) in [6.07, 6.45) is 2.53. The van der Waals surface area contributed by atoms with E-state index in [1.807, 2.05) is 43.3 Å². The van der Waals surface area contributed by atoms with Crippen LogP contribution in [0, 0.1) is 6.92 Å². The average molecular weight is 377 g/mol. The first-order chi connectivity index (χ1) is 13.2. The van der Waals surface area contributed by atoms with Crippen molar-refractivity contribution >= 4 is 17.4 Å². The van der Waals surface area contributed by atoms with Gasteiger partial charge in [-0.1, -0.05) is 49.0 Å². The van der Waals surface area contributed by atoms with Crippen molar-refractivity contribution in [2.24, 2.45) is 0 Å². The molecule has 0 saturated heterocycles. The molecule has 4 rings (SSSR count). The molecular weight excluding hydrogens is 358 g/mol. The summed E-state index contributed by atoms with van der Waals surface area (Å²) in [6, 6.07) is 13.5. The first kappa shape index (κ1) is 17.5. The first-order valence-corrected chi connectivity index (χ1v) is 9.75. The maximum absolute atomic E-state index is 12.6. The fourth-order valence-electron chi connectivity index (χ4n) is 3.00. The summed E-state index contributed by atoms with van der Waals surface area (Å²) in [5.74, 6) is 0.538. The standard InChI is InChI=1S/C20H19N5OS/c1-3-16-18(14-7-5-4-6-8-14)19-23-15(11-17(26)25(19)24-16)12-27-20-21-10-9-13(2)22-20/h4-11,24H,3,12H2,1-2H3. The molecule has 0 fully saturated rings. The lowest BCUT2D eigenvalue weighted by molar-refractivity contribution is 0.851. The Labute approximate surface area is 160 Å². The third-order valence-corrected chi connectivity index (χ3v) is 5.18. The van der Waals surface area contributed by atoms with Crippen molar-refractivity contribution in [3.8, 4) is 11.1 Å². The van der Waals surface area contributed by atoms with Crippen LogP contribution in [-0.2, 0) is 12.2 Å². The SMILES string of the molecule is CCc1[nH]n2c(=O)cc(CSc3nccc(C)n3)nc2c1-c1ccccc1. The number of aryl methyl sites for hydroxylation is 2. The third-order valence-electron chi connectivity index (χ3n) is 4.28. The lowest BCUT2D eigenvalue weighted by Crippen LogP contribution is -2.15. The quantitative estimate of drug-likeness (QED) is 0.424. The van der Waals surface area contributed by atoms with Crippen molar-refractivity contribution in [1.82, 2.24) is 24.6 Å². The zero-order chi connectivity index (χ0) is 18.8. The van der Waals surface area contributed by atoms with E-state index < -0.39 is 0 Å². The van der Waals surface area contributed by atoms with Gasteiger partial charge in [0.1, 0.15) is 0 Å². The Balaban J connectivity index is 1.77. The molecule has 27 heavy (non-hydrogen) atoms. The van der Waals surface area contributed by atoms with Gasteiger partial charge in [0.2, 0.25) is 0 Å². The van der Waals surface area contributed by atoms with E-state index in [4.69, 9.17) is 4.98 Å². The number of aromatic amines is 1. The van der Waals surface area contributed by atoms with E-state index in [1.165, 1.54) is 16.3 Å². The van der Waals surface area contributed by atoms with Crippen LogP contribution in [0.15, 0.2) is 58.6 Å². The van der Waals surface area contributed by atoms with Gasteiger partial charge in [-0.3, -0.25) is 9.89 Å². The molecule has 0 amide bonds. The zero-order valence-corrected chi connectivity index (χ0v) is 16.0. The normalized spacial score (nSPS) is 11.2. The van der Waals surface area contributed by atoms with Gasteiger partial charge in [0, 0.05) is 35.0 Å². The van der Waals surface area contributed by atoms with Gasteiger partial charge in [0.15, 0.2) is 10.8 Å². The summed E-state index contributed by atoms with van der Waals surface area (Å²) in [7, 11) is 0. The summed E-state index contributed by atoms with van der Waals surface area (Å²) < 4.78 is 1.53. The van der Waals surface area contributed by atoms with E-state index in [1.54, 1.807) is 12.3 Å². The van der Waals surface area contributed by atoms with Crippen LogP contribution in [-0.4, -0.2) is 24.6 Å². The van der Waals surface area contributed by atoms with Crippen LogP contribution in [0.2, 0.25) is 0 Å². The van der Waals surface area contributed by atoms with Crippen LogP contribution < -0.4 is 5.56 Å². The second kappa shape index (κ2) is 7.36. The van der Waals surface area contributed by atoms with Gasteiger partial charge in [0.05, 0.1) is 5.69 Å². The van der Waals surface area contributed by atoms with Crippen LogP contribution in [0.4, 0.5) is 0 Å². The monoisotopic (exact) mass is 377 g/mol. The van der Waals surface area contributed by atoms with E-state index in [2.05, 4.69) is 22.0 Å². The van der Waals surface area contributed by atoms with Gasteiger partial charge in [-0.15, -0.1) is 0 Å². The molecule has 0 aliphatic rings. The molecule has 0 saturated carbocycles. The Morgan fingerprint density at radius 1 is 1.15 bits per heavy atom. The van der Waals surface area contributed by atoms with E-state index in [-0.39, 0.29) is 5.56 Å². The smallest absolute Gasteiger partial charge is 0.272 e. The minimum absolute atomic E-state index is 0.113. The number of nitrogens with one attached hydrogen (secondary N) is 1. The van der Waals surface area contributed by atoms with Crippen molar-refractivity contribution in [2.45, 2.75) is 31.2 Å². The van der Waals surface area contributed by atoms with Crippen molar-refractivity contribution in [3.05, 3.63) is 76.1 Å². The van der Waals surface area contributed by atoms with Gasteiger partial charge in [0.25, 0.3) is 5.56 Å². The highest BCUT2D eigenvalue weighted by Crippen LogP contribution is 2.27. The molecule has 6 nitrogen and oxygen atoms in total. The maximum atomic E-state index is 12.6. The van der Waals surface area contributed by atoms with Crippen LogP contribution in [0.5, 0.6) is 0 Å². The number of aromatic nitrogens is 5. The number of fused-ring (bicyclic) bond motifs is 1. The minimum Gasteiger partial charge on any atom is -0.293 e. The number of hydrogen-bond acceptors (Lipinski definition) is 5. The third kappa shape index (κ3) is 3.50. The molecule has 0 atom stereocenters. The van der Waals surface area contributed by atoms with Crippen molar-refractivity contribution < 1.29 is 0 Å². The molecule has 0 bridgehead atoms. The fraction of sp³-hybridized carbons (Fsp3) is 0.200. The number of nitrogens with zero attached hydrogens (tertiary/aromatic N) is 4. The fourth-order valence-corrected chi connectivity index (χ4v) is 3.77. The Morgan fingerprint density at radius 2 is 1.96 bits per heavy atom. The van der Waals surface area contributed by atoms with Gasteiger partial charge < -0.3 is 0 Å². The molecule has 0 aliphatic heterocycles. The van der Waals surface area contributed by atoms with Crippen LogP contribution in [0.25, 0.3) is 16.8 Å². The van der Waals surface area contributed by atoms with Crippen LogP contribution in [0.1, 0.15) is 24.0 Å². The largest absolute Gasteiger partial charge is 0.293 e. The summed E-state index contributed by atoms with van der Waals surface area (Å²) in [5.41, 5.74) is 5.21. The lowest BCUT2D eigenvalue weighted by atomic mass is 10.0.